The number of oxazole rings is 1. The summed E-state index contributed by atoms with van der Waals surface area (Å²) in [4.78, 5) is 16.0. The Morgan fingerprint density at radius 3 is 3.00 bits per heavy atom. The molecule has 0 aliphatic carbocycles. The number of rotatable bonds is 4. The van der Waals surface area contributed by atoms with E-state index in [1.54, 1.807) is 25.1 Å². The third kappa shape index (κ3) is 2.51. The molecule has 2 N–H and O–H groups in total. The van der Waals surface area contributed by atoms with Crippen molar-refractivity contribution in [3.8, 4) is 0 Å². The molecule has 0 bridgehead atoms. The molecule has 0 saturated carbocycles. The number of anilines is 1. The van der Waals surface area contributed by atoms with Crippen LogP contribution in [0.5, 0.6) is 0 Å². The van der Waals surface area contributed by atoms with Crippen molar-refractivity contribution in [3.05, 3.63) is 24.1 Å². The van der Waals surface area contributed by atoms with Crippen molar-refractivity contribution >= 4 is 22.7 Å². The van der Waals surface area contributed by atoms with Gasteiger partial charge in [0.2, 0.25) is 5.91 Å². The number of carbonyl (C=O) groups excluding carboxylic acids is 1. The van der Waals surface area contributed by atoms with E-state index < -0.39 is 0 Å². The van der Waals surface area contributed by atoms with Crippen LogP contribution in [-0.2, 0) is 4.79 Å². The number of aliphatic hydroxyl groups is 1. The zero-order valence-corrected chi connectivity index (χ0v) is 10.4. The molecule has 1 amide bonds. The van der Waals surface area contributed by atoms with Crippen LogP contribution in [0.15, 0.2) is 22.6 Å². The van der Waals surface area contributed by atoms with E-state index in [-0.39, 0.29) is 18.4 Å². The van der Waals surface area contributed by atoms with E-state index in [1.807, 2.05) is 6.92 Å². The van der Waals surface area contributed by atoms with Gasteiger partial charge < -0.3 is 14.8 Å². The Bertz CT molecular complexity index is 558. The van der Waals surface area contributed by atoms with E-state index in [4.69, 9.17) is 9.52 Å². The number of aromatic nitrogens is 1. The highest BCUT2D eigenvalue weighted by atomic mass is 16.3. The third-order valence-electron chi connectivity index (χ3n) is 2.85. The van der Waals surface area contributed by atoms with Crippen LogP contribution < -0.4 is 5.32 Å². The van der Waals surface area contributed by atoms with Crippen molar-refractivity contribution in [3.63, 3.8) is 0 Å². The van der Waals surface area contributed by atoms with Crippen LogP contribution in [0.2, 0.25) is 0 Å². The fraction of sp³-hybridized carbons (Fsp3) is 0.385. The number of amides is 1. The van der Waals surface area contributed by atoms with Crippen molar-refractivity contribution in [2.45, 2.75) is 20.3 Å². The lowest BCUT2D eigenvalue weighted by atomic mass is 10.1. The van der Waals surface area contributed by atoms with Gasteiger partial charge in [-0.25, -0.2) is 4.98 Å². The molecule has 2 rings (SSSR count). The first-order valence-corrected chi connectivity index (χ1v) is 5.93. The van der Waals surface area contributed by atoms with Crippen LogP contribution in [0.1, 0.15) is 19.2 Å². The second-order valence-electron chi connectivity index (χ2n) is 4.19. The fourth-order valence-corrected chi connectivity index (χ4v) is 1.76. The number of benzene rings is 1. The zero-order chi connectivity index (χ0) is 13.1. The fourth-order valence-electron chi connectivity index (χ4n) is 1.76. The Hall–Kier alpha value is -1.88. The molecule has 1 aromatic heterocycles. The Morgan fingerprint density at radius 2 is 2.33 bits per heavy atom. The molecule has 18 heavy (non-hydrogen) atoms. The minimum absolute atomic E-state index is 0.147. The minimum atomic E-state index is -0.378. The number of nitrogens with one attached hydrogen (secondary N) is 1. The Balaban J connectivity index is 2.18. The lowest BCUT2D eigenvalue weighted by Gasteiger charge is -2.11. The molecule has 0 fully saturated rings. The summed E-state index contributed by atoms with van der Waals surface area (Å²) in [6.07, 6.45) is 0.603. The van der Waals surface area contributed by atoms with Crippen molar-refractivity contribution in [1.82, 2.24) is 4.98 Å². The lowest BCUT2D eigenvalue weighted by molar-refractivity contribution is -0.121. The maximum Gasteiger partial charge on any atom is 0.229 e. The first-order valence-electron chi connectivity index (χ1n) is 5.93. The van der Waals surface area contributed by atoms with Gasteiger partial charge in [0.05, 0.1) is 12.5 Å². The van der Waals surface area contributed by atoms with E-state index in [9.17, 15) is 4.79 Å². The van der Waals surface area contributed by atoms with Crippen LogP contribution >= 0.6 is 0 Å². The minimum Gasteiger partial charge on any atom is -0.441 e. The molecule has 2 aromatic rings. The summed E-state index contributed by atoms with van der Waals surface area (Å²) < 4.78 is 5.39. The van der Waals surface area contributed by atoms with Crippen LogP contribution in [0.4, 0.5) is 5.69 Å². The summed E-state index contributed by atoms with van der Waals surface area (Å²) in [6.45, 7) is 3.49. The van der Waals surface area contributed by atoms with E-state index in [1.165, 1.54) is 0 Å². The van der Waals surface area contributed by atoms with E-state index in [2.05, 4.69) is 10.3 Å². The highest BCUT2D eigenvalue weighted by molar-refractivity contribution is 5.94. The van der Waals surface area contributed by atoms with Crippen LogP contribution in [-0.4, -0.2) is 22.6 Å². The van der Waals surface area contributed by atoms with Gasteiger partial charge in [0.1, 0.15) is 5.52 Å². The molecule has 96 valence electrons. The summed E-state index contributed by atoms with van der Waals surface area (Å²) in [7, 11) is 0. The summed E-state index contributed by atoms with van der Waals surface area (Å²) in [5, 5.41) is 11.8. The number of aryl methyl sites for hydroxylation is 1. The molecule has 1 atom stereocenters. The van der Waals surface area contributed by atoms with Crippen molar-refractivity contribution in [2.75, 3.05) is 11.9 Å². The maximum absolute atomic E-state index is 11.8. The summed E-state index contributed by atoms with van der Waals surface area (Å²) in [6, 6.07) is 5.30. The van der Waals surface area contributed by atoms with Gasteiger partial charge in [-0.15, -0.1) is 0 Å². The zero-order valence-electron chi connectivity index (χ0n) is 10.4. The molecule has 0 radical (unpaired) electrons. The smallest absolute Gasteiger partial charge is 0.229 e. The predicted octanol–water partition coefficient (Wildman–Crippen LogP) is 2.09. The Morgan fingerprint density at radius 1 is 1.56 bits per heavy atom. The predicted molar refractivity (Wildman–Crippen MR) is 68.2 cm³/mol. The SMILES string of the molecule is CCC(CO)C(=O)Nc1ccc2nc(C)oc2c1. The quantitative estimate of drug-likeness (QED) is 0.868. The first kappa shape index (κ1) is 12.6. The first-order chi connectivity index (χ1) is 8.63. The van der Waals surface area contributed by atoms with Gasteiger partial charge in [-0.2, -0.15) is 0 Å². The number of aliphatic hydroxyl groups excluding tert-OH is 1. The monoisotopic (exact) mass is 248 g/mol. The number of fused-ring (bicyclic) bond motifs is 1. The van der Waals surface area contributed by atoms with Gasteiger partial charge >= 0.3 is 0 Å². The largest absolute Gasteiger partial charge is 0.441 e. The summed E-state index contributed by atoms with van der Waals surface area (Å²) >= 11 is 0. The number of carbonyl (C=O) groups is 1. The topological polar surface area (TPSA) is 75.4 Å². The molecule has 1 unspecified atom stereocenters. The summed E-state index contributed by atoms with van der Waals surface area (Å²) in [5.74, 6) is 0.0306. The van der Waals surface area contributed by atoms with Crippen molar-refractivity contribution in [2.24, 2.45) is 5.92 Å². The van der Waals surface area contributed by atoms with E-state index in [0.29, 0.717) is 23.6 Å². The van der Waals surface area contributed by atoms with Crippen molar-refractivity contribution in [1.29, 1.82) is 0 Å². The van der Waals surface area contributed by atoms with Gasteiger partial charge in [0.25, 0.3) is 0 Å². The molecular weight excluding hydrogens is 232 g/mol. The second-order valence-corrected chi connectivity index (χ2v) is 4.19. The van der Waals surface area contributed by atoms with Gasteiger partial charge in [-0.3, -0.25) is 4.79 Å². The highest BCUT2D eigenvalue weighted by Gasteiger charge is 2.15. The molecule has 0 aliphatic rings. The van der Waals surface area contributed by atoms with Crippen LogP contribution in [0.3, 0.4) is 0 Å². The highest BCUT2D eigenvalue weighted by Crippen LogP contribution is 2.20. The number of hydrogen-bond donors (Lipinski definition) is 2. The molecule has 0 spiro atoms. The van der Waals surface area contributed by atoms with Gasteiger partial charge in [0.15, 0.2) is 11.5 Å². The standard InChI is InChI=1S/C13H16N2O3/c1-3-9(7-16)13(17)15-10-4-5-11-12(6-10)18-8(2)14-11/h4-6,9,16H,3,7H2,1-2H3,(H,15,17). The average molecular weight is 248 g/mol. The van der Waals surface area contributed by atoms with Crippen LogP contribution in [0, 0.1) is 12.8 Å². The molecule has 0 aliphatic heterocycles. The van der Waals surface area contributed by atoms with Crippen molar-refractivity contribution < 1.29 is 14.3 Å². The maximum atomic E-state index is 11.8. The molecule has 5 nitrogen and oxygen atoms in total. The Labute approximate surface area is 105 Å². The number of nitrogens with zero attached hydrogens (tertiary/aromatic N) is 1. The molecule has 0 saturated heterocycles. The lowest BCUT2D eigenvalue weighted by Crippen LogP contribution is -2.24. The average Bonchev–Trinajstić information content (AvgIpc) is 2.70. The molecule has 1 heterocycles. The molecule has 1 aromatic carbocycles. The van der Waals surface area contributed by atoms with Gasteiger partial charge in [0, 0.05) is 18.7 Å². The number of hydrogen-bond acceptors (Lipinski definition) is 4. The van der Waals surface area contributed by atoms with E-state index >= 15 is 0 Å². The normalized spacial score (nSPS) is 12.6. The molecular formula is C13H16N2O3. The van der Waals surface area contributed by atoms with Gasteiger partial charge in [-0.1, -0.05) is 6.92 Å². The summed E-state index contributed by atoms with van der Waals surface area (Å²) in [5.41, 5.74) is 2.05. The molecule has 5 heteroatoms. The third-order valence-corrected chi connectivity index (χ3v) is 2.85. The Kier molecular flexibility index (Phi) is 3.62. The van der Waals surface area contributed by atoms with E-state index in [0.717, 1.165) is 5.52 Å². The van der Waals surface area contributed by atoms with Crippen LogP contribution in [0.25, 0.3) is 11.1 Å². The second kappa shape index (κ2) is 5.18. The van der Waals surface area contributed by atoms with Gasteiger partial charge in [-0.05, 0) is 18.6 Å².